The fourth-order valence-corrected chi connectivity index (χ4v) is 3.45. The molecule has 0 heterocycles. The lowest BCUT2D eigenvalue weighted by molar-refractivity contribution is 0.0971. The summed E-state index contributed by atoms with van der Waals surface area (Å²) < 4.78 is 5.64. The van der Waals surface area contributed by atoms with E-state index >= 15 is 0 Å². The number of hydrogen-bond acceptors (Lipinski definition) is 1. The monoisotopic (exact) mass is 248 g/mol. The second kappa shape index (κ2) is 7.13. The van der Waals surface area contributed by atoms with E-state index in [1.807, 2.05) is 0 Å². The van der Waals surface area contributed by atoms with Crippen LogP contribution in [0.2, 0.25) is 0 Å². The van der Waals surface area contributed by atoms with Crippen LogP contribution in [0.25, 0.3) is 0 Å². The molecule has 1 atom stereocenters. The Balaban J connectivity index is 1.79. The number of rotatable bonds is 5. The summed E-state index contributed by atoms with van der Waals surface area (Å²) in [7, 11) is 0. The van der Waals surface area contributed by atoms with Crippen LogP contribution >= 0.6 is 0 Å². The summed E-state index contributed by atoms with van der Waals surface area (Å²) in [5.74, 6) is 1.84. The minimum atomic E-state index is 0.329. The van der Waals surface area contributed by atoms with Crippen LogP contribution in [-0.4, -0.2) is 12.7 Å². The van der Waals surface area contributed by atoms with Crippen molar-refractivity contribution in [1.29, 1.82) is 0 Å². The third-order valence-corrected chi connectivity index (χ3v) is 4.49. The van der Waals surface area contributed by atoms with E-state index in [0.717, 1.165) is 24.9 Å². The lowest BCUT2D eigenvalue weighted by Crippen LogP contribution is -2.18. The van der Waals surface area contributed by atoms with Crippen molar-refractivity contribution in [1.82, 2.24) is 0 Å². The van der Waals surface area contributed by atoms with Gasteiger partial charge in [-0.3, -0.25) is 0 Å². The molecule has 18 heavy (non-hydrogen) atoms. The van der Waals surface area contributed by atoms with Gasteiger partial charge in [0.2, 0.25) is 0 Å². The number of allylic oxidation sites excluding steroid dienone is 2. The van der Waals surface area contributed by atoms with E-state index in [2.05, 4.69) is 32.1 Å². The van der Waals surface area contributed by atoms with Crippen LogP contribution in [0.15, 0.2) is 23.8 Å². The minimum Gasteiger partial charge on any atom is -0.374 e. The summed E-state index contributed by atoms with van der Waals surface area (Å²) in [5, 5.41) is 0. The van der Waals surface area contributed by atoms with E-state index in [1.165, 1.54) is 38.5 Å². The summed E-state index contributed by atoms with van der Waals surface area (Å²) in [6, 6.07) is 0. The Morgan fingerprint density at radius 1 is 1.17 bits per heavy atom. The molecule has 2 rings (SSSR count). The van der Waals surface area contributed by atoms with E-state index in [-0.39, 0.29) is 0 Å². The first-order valence-corrected chi connectivity index (χ1v) is 7.83. The molecule has 0 N–H and O–H groups in total. The Hall–Kier alpha value is -0.560. The number of hydrogen-bond donors (Lipinski definition) is 0. The molecule has 0 saturated heterocycles. The van der Waals surface area contributed by atoms with Gasteiger partial charge in [0.05, 0.1) is 6.10 Å². The summed E-state index contributed by atoms with van der Waals surface area (Å²) in [6.45, 7) is 5.20. The van der Waals surface area contributed by atoms with E-state index in [0.29, 0.717) is 6.10 Å². The van der Waals surface area contributed by atoms with Crippen molar-refractivity contribution in [2.75, 3.05) is 6.61 Å². The van der Waals surface area contributed by atoms with Gasteiger partial charge in [0.1, 0.15) is 0 Å². The summed E-state index contributed by atoms with van der Waals surface area (Å²) in [5.41, 5.74) is 1.58. The van der Waals surface area contributed by atoms with Crippen LogP contribution in [0, 0.1) is 11.8 Å². The van der Waals surface area contributed by atoms with Gasteiger partial charge < -0.3 is 4.74 Å². The molecule has 2 aliphatic carbocycles. The van der Waals surface area contributed by atoms with Crippen molar-refractivity contribution >= 4 is 0 Å². The van der Waals surface area contributed by atoms with Gasteiger partial charge in [-0.25, -0.2) is 0 Å². The molecule has 0 bridgehead atoms. The molecule has 0 spiro atoms. The van der Waals surface area contributed by atoms with Crippen molar-refractivity contribution in [2.24, 2.45) is 11.8 Å². The molecule has 1 fully saturated rings. The minimum absolute atomic E-state index is 0.329. The Morgan fingerprint density at radius 2 is 1.94 bits per heavy atom. The molecule has 0 radical (unpaired) electrons. The molecule has 0 amide bonds. The predicted molar refractivity (Wildman–Crippen MR) is 77.6 cm³/mol. The molecule has 0 aliphatic heterocycles. The molecule has 0 aromatic carbocycles. The maximum Gasteiger partial charge on any atom is 0.0793 e. The van der Waals surface area contributed by atoms with Crippen LogP contribution in [-0.2, 0) is 4.74 Å². The molecule has 1 saturated carbocycles. The van der Waals surface area contributed by atoms with E-state index in [4.69, 9.17) is 4.74 Å². The van der Waals surface area contributed by atoms with Crippen LogP contribution in [0.1, 0.15) is 58.8 Å². The fourth-order valence-electron chi connectivity index (χ4n) is 3.45. The molecule has 1 unspecified atom stereocenters. The highest BCUT2D eigenvalue weighted by Gasteiger charge is 2.23. The predicted octanol–water partition coefficient (Wildman–Crippen LogP) is 4.88. The molecule has 0 aromatic rings. The molecular formula is C17H28O. The van der Waals surface area contributed by atoms with Crippen molar-refractivity contribution in [2.45, 2.75) is 64.9 Å². The zero-order chi connectivity index (χ0) is 12.8. The average molecular weight is 248 g/mol. The SMILES string of the molecule is CCCC1CCC(C2=CCC(OCC)C=C2)CC1. The fraction of sp³-hybridized carbons (Fsp3) is 0.765. The van der Waals surface area contributed by atoms with Crippen molar-refractivity contribution < 1.29 is 4.74 Å². The lowest BCUT2D eigenvalue weighted by Gasteiger charge is -2.30. The summed E-state index contributed by atoms with van der Waals surface area (Å²) in [6.07, 6.45) is 16.9. The van der Waals surface area contributed by atoms with Gasteiger partial charge in [-0.05, 0) is 56.4 Å². The zero-order valence-electron chi connectivity index (χ0n) is 12.0. The van der Waals surface area contributed by atoms with Gasteiger partial charge in [0, 0.05) is 6.61 Å². The molecule has 1 nitrogen and oxygen atoms in total. The van der Waals surface area contributed by atoms with Crippen molar-refractivity contribution in [3.05, 3.63) is 23.8 Å². The highest BCUT2D eigenvalue weighted by Crippen LogP contribution is 2.36. The van der Waals surface area contributed by atoms with E-state index in [1.54, 1.807) is 5.57 Å². The average Bonchev–Trinajstić information content (AvgIpc) is 2.41. The second-order valence-electron chi connectivity index (χ2n) is 5.80. The first-order chi connectivity index (χ1) is 8.83. The van der Waals surface area contributed by atoms with Crippen molar-refractivity contribution in [3.8, 4) is 0 Å². The first kappa shape index (κ1) is 13.9. The first-order valence-electron chi connectivity index (χ1n) is 7.83. The topological polar surface area (TPSA) is 9.23 Å². The van der Waals surface area contributed by atoms with Gasteiger partial charge in [-0.15, -0.1) is 0 Å². The Kier molecular flexibility index (Phi) is 5.49. The van der Waals surface area contributed by atoms with E-state index in [9.17, 15) is 0 Å². The van der Waals surface area contributed by atoms with Crippen LogP contribution < -0.4 is 0 Å². The highest BCUT2D eigenvalue weighted by molar-refractivity contribution is 5.27. The van der Waals surface area contributed by atoms with Crippen LogP contribution in [0.3, 0.4) is 0 Å². The number of ether oxygens (including phenoxy) is 1. The smallest absolute Gasteiger partial charge is 0.0793 e. The zero-order valence-corrected chi connectivity index (χ0v) is 12.0. The lowest BCUT2D eigenvalue weighted by atomic mass is 9.76. The quantitative estimate of drug-likeness (QED) is 0.673. The molecule has 1 heteroatoms. The molecule has 2 aliphatic rings. The standard InChI is InChI=1S/C17H28O/c1-3-5-14-6-8-15(9-7-14)16-10-12-17(13-11-16)18-4-2/h10-12,14-15,17H,3-9,13H2,1-2H3. The largest absolute Gasteiger partial charge is 0.374 e. The third kappa shape index (κ3) is 3.71. The van der Waals surface area contributed by atoms with Gasteiger partial charge >= 0.3 is 0 Å². The van der Waals surface area contributed by atoms with Gasteiger partial charge in [-0.1, -0.05) is 38.0 Å². The maximum atomic E-state index is 5.64. The van der Waals surface area contributed by atoms with Crippen LogP contribution in [0.5, 0.6) is 0 Å². The van der Waals surface area contributed by atoms with Gasteiger partial charge in [-0.2, -0.15) is 0 Å². The summed E-state index contributed by atoms with van der Waals surface area (Å²) in [4.78, 5) is 0. The van der Waals surface area contributed by atoms with Gasteiger partial charge in [0.25, 0.3) is 0 Å². The Morgan fingerprint density at radius 3 is 2.50 bits per heavy atom. The Labute approximate surface area is 112 Å². The van der Waals surface area contributed by atoms with Crippen LogP contribution in [0.4, 0.5) is 0 Å². The highest BCUT2D eigenvalue weighted by atomic mass is 16.5. The normalized spacial score (nSPS) is 32.3. The second-order valence-corrected chi connectivity index (χ2v) is 5.80. The molecule has 102 valence electrons. The maximum absolute atomic E-state index is 5.64. The molecule has 0 aromatic heterocycles. The third-order valence-electron chi connectivity index (χ3n) is 4.49. The molecular weight excluding hydrogens is 220 g/mol. The van der Waals surface area contributed by atoms with Gasteiger partial charge in [0.15, 0.2) is 0 Å². The Bertz CT molecular complexity index is 295. The summed E-state index contributed by atoms with van der Waals surface area (Å²) >= 11 is 0. The van der Waals surface area contributed by atoms with Crippen molar-refractivity contribution in [3.63, 3.8) is 0 Å². The van der Waals surface area contributed by atoms with E-state index < -0.39 is 0 Å².